The maximum atomic E-state index is 12.6. The van der Waals surface area contributed by atoms with Crippen LogP contribution in [0.5, 0.6) is 11.5 Å². The Balaban J connectivity index is 2.21. The van der Waals surface area contributed by atoms with Crippen LogP contribution in [-0.2, 0) is 11.3 Å². The van der Waals surface area contributed by atoms with Crippen molar-refractivity contribution in [1.29, 1.82) is 0 Å². The highest BCUT2D eigenvalue weighted by Gasteiger charge is 2.22. The van der Waals surface area contributed by atoms with Crippen LogP contribution in [0, 0.1) is 0 Å². The van der Waals surface area contributed by atoms with Crippen molar-refractivity contribution in [2.24, 2.45) is 0 Å². The first-order valence-electron chi connectivity index (χ1n) is 6.54. The van der Waals surface area contributed by atoms with Gasteiger partial charge in [-0.3, -0.25) is 4.90 Å². The van der Waals surface area contributed by atoms with Gasteiger partial charge in [-0.2, -0.15) is 8.78 Å². The lowest BCUT2D eigenvalue weighted by Gasteiger charge is -2.33. The van der Waals surface area contributed by atoms with Crippen molar-refractivity contribution >= 4 is 0 Å². The molecule has 1 saturated heterocycles. The quantitative estimate of drug-likeness (QED) is 0.832. The monoisotopic (exact) mass is 287 g/mol. The zero-order valence-corrected chi connectivity index (χ0v) is 11.6. The molecular weight excluding hydrogens is 268 g/mol. The summed E-state index contributed by atoms with van der Waals surface area (Å²) in [7, 11) is 1.44. The molecule has 0 radical (unpaired) electrons. The Morgan fingerprint density at radius 2 is 2.25 bits per heavy atom. The number of halogens is 2. The Hall–Kier alpha value is -1.40. The molecule has 1 heterocycles. The van der Waals surface area contributed by atoms with Crippen molar-refractivity contribution in [3.8, 4) is 11.5 Å². The van der Waals surface area contributed by atoms with Crippen LogP contribution in [0.25, 0.3) is 0 Å². The summed E-state index contributed by atoms with van der Waals surface area (Å²) in [6, 6.07) is 5.42. The Morgan fingerprint density at radius 3 is 2.90 bits per heavy atom. The van der Waals surface area contributed by atoms with E-state index in [0.29, 0.717) is 31.1 Å². The van der Waals surface area contributed by atoms with Gasteiger partial charge in [0.15, 0.2) is 11.5 Å². The van der Waals surface area contributed by atoms with Gasteiger partial charge < -0.3 is 14.2 Å². The number of methoxy groups -OCH3 is 1. The number of rotatable bonds is 5. The van der Waals surface area contributed by atoms with Crippen molar-refractivity contribution in [1.82, 2.24) is 4.90 Å². The highest BCUT2D eigenvalue weighted by molar-refractivity contribution is 5.46. The lowest BCUT2D eigenvalue weighted by atomic mass is 10.1. The molecule has 0 aliphatic carbocycles. The van der Waals surface area contributed by atoms with E-state index >= 15 is 0 Å². The maximum absolute atomic E-state index is 12.6. The van der Waals surface area contributed by atoms with Crippen molar-refractivity contribution in [2.45, 2.75) is 26.1 Å². The molecule has 1 fully saturated rings. The number of alkyl halides is 2. The highest BCUT2D eigenvalue weighted by Crippen LogP contribution is 2.33. The summed E-state index contributed by atoms with van der Waals surface area (Å²) < 4.78 is 40.2. The van der Waals surface area contributed by atoms with Gasteiger partial charge in [-0.15, -0.1) is 0 Å². The van der Waals surface area contributed by atoms with E-state index < -0.39 is 6.61 Å². The lowest BCUT2D eigenvalue weighted by molar-refractivity contribution is -0.0530. The van der Waals surface area contributed by atoms with Crippen LogP contribution in [0.4, 0.5) is 8.78 Å². The standard InChI is InChI=1S/C14H19F2NO3/c1-10-9-19-7-6-17(10)8-11-4-3-5-12(18-2)13(11)20-14(15)16/h3-5,10,14H,6-9H2,1-2H3/t10-/m1/s1. The molecule has 1 aromatic carbocycles. The first-order chi connectivity index (χ1) is 9.61. The average molecular weight is 287 g/mol. The fourth-order valence-corrected chi connectivity index (χ4v) is 2.28. The van der Waals surface area contributed by atoms with Crippen LogP contribution in [0.15, 0.2) is 18.2 Å². The van der Waals surface area contributed by atoms with Gasteiger partial charge in [-0.25, -0.2) is 0 Å². The summed E-state index contributed by atoms with van der Waals surface area (Å²) in [6.07, 6.45) is 0. The van der Waals surface area contributed by atoms with Crippen LogP contribution >= 0.6 is 0 Å². The number of morpholine rings is 1. The van der Waals surface area contributed by atoms with Crippen LogP contribution in [0.2, 0.25) is 0 Å². The van der Waals surface area contributed by atoms with Crippen LogP contribution in [0.1, 0.15) is 12.5 Å². The summed E-state index contributed by atoms with van der Waals surface area (Å²) in [4.78, 5) is 2.18. The molecule has 6 heteroatoms. The minimum Gasteiger partial charge on any atom is -0.493 e. The Bertz CT molecular complexity index is 442. The first kappa shape index (κ1) is 15.0. The molecule has 1 aromatic rings. The van der Waals surface area contributed by atoms with Crippen LogP contribution in [-0.4, -0.2) is 44.4 Å². The van der Waals surface area contributed by atoms with Crippen LogP contribution in [0.3, 0.4) is 0 Å². The van der Waals surface area contributed by atoms with Gasteiger partial charge in [0.1, 0.15) is 0 Å². The molecule has 0 saturated carbocycles. The third kappa shape index (κ3) is 3.58. The van der Waals surface area contributed by atoms with Gasteiger partial charge >= 0.3 is 6.61 Å². The molecule has 0 amide bonds. The van der Waals surface area contributed by atoms with Gasteiger partial charge in [0.25, 0.3) is 0 Å². The summed E-state index contributed by atoms with van der Waals surface area (Å²) >= 11 is 0. The van der Waals surface area contributed by atoms with Crippen molar-refractivity contribution in [2.75, 3.05) is 26.9 Å². The molecule has 0 spiro atoms. The van der Waals surface area contributed by atoms with E-state index in [-0.39, 0.29) is 11.8 Å². The summed E-state index contributed by atoms with van der Waals surface area (Å²) in [5.74, 6) is 0.437. The van der Waals surface area contributed by atoms with Gasteiger partial charge in [-0.1, -0.05) is 12.1 Å². The van der Waals surface area contributed by atoms with Crippen molar-refractivity contribution < 1.29 is 23.0 Å². The topological polar surface area (TPSA) is 30.9 Å². The van der Waals surface area contributed by atoms with E-state index in [1.165, 1.54) is 7.11 Å². The second-order valence-electron chi connectivity index (χ2n) is 4.72. The number of benzene rings is 1. The normalized spacial score (nSPS) is 20.1. The zero-order chi connectivity index (χ0) is 14.5. The molecule has 2 rings (SSSR count). The SMILES string of the molecule is COc1cccc(CN2CCOC[C@H]2C)c1OC(F)F. The molecule has 1 aliphatic rings. The van der Waals surface area contributed by atoms with E-state index in [4.69, 9.17) is 9.47 Å². The number of hydrogen-bond acceptors (Lipinski definition) is 4. The number of para-hydroxylation sites is 1. The smallest absolute Gasteiger partial charge is 0.387 e. The molecule has 1 aliphatic heterocycles. The fraction of sp³-hybridized carbons (Fsp3) is 0.571. The van der Waals surface area contributed by atoms with Crippen molar-refractivity contribution in [3.05, 3.63) is 23.8 Å². The van der Waals surface area contributed by atoms with Gasteiger partial charge in [-0.05, 0) is 13.0 Å². The molecule has 112 valence electrons. The Kier molecular flexibility index (Phi) is 5.14. The Labute approximate surface area is 117 Å². The molecule has 0 unspecified atom stereocenters. The summed E-state index contributed by atoms with van der Waals surface area (Å²) in [6.45, 7) is 1.78. The predicted octanol–water partition coefficient (Wildman–Crippen LogP) is 2.52. The number of hydrogen-bond donors (Lipinski definition) is 0. The molecule has 20 heavy (non-hydrogen) atoms. The van der Waals surface area contributed by atoms with E-state index in [1.54, 1.807) is 18.2 Å². The largest absolute Gasteiger partial charge is 0.493 e. The summed E-state index contributed by atoms with van der Waals surface area (Å²) in [5, 5.41) is 0. The van der Waals surface area contributed by atoms with Crippen LogP contribution < -0.4 is 9.47 Å². The van der Waals surface area contributed by atoms with Gasteiger partial charge in [0, 0.05) is 24.7 Å². The molecule has 0 aromatic heterocycles. The lowest BCUT2D eigenvalue weighted by Crippen LogP contribution is -2.43. The molecule has 0 bridgehead atoms. The molecular formula is C14H19F2NO3. The van der Waals surface area contributed by atoms with E-state index in [9.17, 15) is 8.78 Å². The van der Waals surface area contributed by atoms with E-state index in [2.05, 4.69) is 9.64 Å². The fourth-order valence-electron chi connectivity index (χ4n) is 2.28. The van der Waals surface area contributed by atoms with Crippen molar-refractivity contribution in [3.63, 3.8) is 0 Å². The summed E-state index contributed by atoms with van der Waals surface area (Å²) in [5.41, 5.74) is 0.693. The average Bonchev–Trinajstić information content (AvgIpc) is 2.42. The van der Waals surface area contributed by atoms with E-state index in [1.807, 2.05) is 6.92 Å². The second-order valence-corrected chi connectivity index (χ2v) is 4.72. The first-order valence-corrected chi connectivity index (χ1v) is 6.54. The minimum absolute atomic E-state index is 0.115. The minimum atomic E-state index is -2.87. The number of ether oxygens (including phenoxy) is 3. The highest BCUT2D eigenvalue weighted by atomic mass is 19.3. The predicted molar refractivity (Wildman–Crippen MR) is 70.3 cm³/mol. The maximum Gasteiger partial charge on any atom is 0.387 e. The Morgan fingerprint density at radius 1 is 1.45 bits per heavy atom. The molecule has 4 nitrogen and oxygen atoms in total. The van der Waals surface area contributed by atoms with Gasteiger partial charge in [0.05, 0.1) is 20.3 Å². The number of nitrogens with zero attached hydrogens (tertiary/aromatic N) is 1. The third-order valence-electron chi connectivity index (χ3n) is 3.37. The molecule has 1 atom stereocenters. The molecule has 0 N–H and O–H groups in total. The van der Waals surface area contributed by atoms with E-state index in [0.717, 1.165) is 6.54 Å². The third-order valence-corrected chi connectivity index (χ3v) is 3.37. The zero-order valence-electron chi connectivity index (χ0n) is 11.6. The van der Waals surface area contributed by atoms with Gasteiger partial charge in [0.2, 0.25) is 0 Å². The second kappa shape index (κ2) is 6.85.